The van der Waals surface area contributed by atoms with E-state index in [0.29, 0.717) is 11.8 Å². The molecule has 3 nitrogen and oxygen atoms in total. The zero-order valence-corrected chi connectivity index (χ0v) is 13.6. The fourth-order valence-corrected chi connectivity index (χ4v) is 5.31. The van der Waals surface area contributed by atoms with E-state index in [9.17, 15) is 22.8 Å². The number of nitrogens with zero attached hydrogens (tertiary/aromatic N) is 1. The van der Waals surface area contributed by atoms with E-state index in [0.717, 1.165) is 23.5 Å². The quantitative estimate of drug-likeness (QED) is 0.557. The van der Waals surface area contributed by atoms with Crippen molar-refractivity contribution >= 4 is 29.1 Å². The van der Waals surface area contributed by atoms with Crippen LogP contribution in [0.2, 0.25) is 5.02 Å². The standard InChI is InChI=1S/C18H13ClF3NO2/c19-13-4-1-7(5-12(13)18(20,21)22)23-16(24)14-8-2-3-9(11-6-10(8)11)15(14)17(23)25/h1-5,8-11,14-15H,6H2/t8-,9+,10-,11-,14+,15+/m1/s1. The van der Waals surface area contributed by atoms with Crippen LogP contribution in [0.15, 0.2) is 30.4 Å². The van der Waals surface area contributed by atoms with Crippen molar-refractivity contribution in [3.63, 3.8) is 0 Å². The Kier molecular flexibility index (Phi) is 2.88. The first-order valence-corrected chi connectivity index (χ1v) is 8.59. The summed E-state index contributed by atoms with van der Waals surface area (Å²) in [6.45, 7) is 0. The van der Waals surface area contributed by atoms with Gasteiger partial charge in [-0.2, -0.15) is 13.2 Å². The second-order valence-electron chi connectivity index (χ2n) is 7.33. The molecule has 4 aliphatic carbocycles. The van der Waals surface area contributed by atoms with Crippen molar-refractivity contribution in [2.45, 2.75) is 12.6 Å². The SMILES string of the molecule is O=C1[C@H]2[C@@H]3C=C[C@@H]([C@H]4C[C@H]34)[C@@H]2C(=O)N1c1ccc(Cl)c(C(F)(F)F)c1. The molecule has 2 bridgehead atoms. The molecule has 1 aromatic carbocycles. The molecular formula is C18H13ClF3NO2. The normalized spacial score (nSPS) is 38.2. The lowest BCUT2D eigenvalue weighted by atomic mass is 9.63. The van der Waals surface area contributed by atoms with Crippen molar-refractivity contribution < 1.29 is 22.8 Å². The Balaban J connectivity index is 1.57. The second kappa shape index (κ2) is 4.67. The average molecular weight is 368 g/mol. The van der Waals surface area contributed by atoms with Crippen molar-refractivity contribution in [3.8, 4) is 0 Å². The van der Waals surface area contributed by atoms with Gasteiger partial charge in [0, 0.05) is 0 Å². The maximum Gasteiger partial charge on any atom is 0.417 e. The summed E-state index contributed by atoms with van der Waals surface area (Å²) in [7, 11) is 0. The molecule has 2 amide bonds. The molecule has 0 radical (unpaired) electrons. The smallest absolute Gasteiger partial charge is 0.274 e. The van der Waals surface area contributed by atoms with E-state index >= 15 is 0 Å². The number of allylic oxidation sites excluding steroid dienone is 2. The molecule has 0 unspecified atom stereocenters. The zero-order valence-electron chi connectivity index (χ0n) is 12.8. The highest BCUT2D eigenvalue weighted by molar-refractivity contribution is 6.31. The number of hydrogen-bond acceptors (Lipinski definition) is 2. The summed E-state index contributed by atoms with van der Waals surface area (Å²) in [5.74, 6) is -0.655. The summed E-state index contributed by atoms with van der Waals surface area (Å²) >= 11 is 5.65. The van der Waals surface area contributed by atoms with Crippen LogP contribution in [0, 0.1) is 35.5 Å². The van der Waals surface area contributed by atoms with E-state index < -0.39 is 28.6 Å². The minimum absolute atomic E-state index is 0.0378. The van der Waals surface area contributed by atoms with E-state index in [-0.39, 0.29) is 29.3 Å². The first-order chi connectivity index (χ1) is 11.8. The lowest BCUT2D eigenvalue weighted by Gasteiger charge is -2.37. The van der Waals surface area contributed by atoms with Crippen LogP contribution in [0.25, 0.3) is 0 Å². The molecule has 1 aliphatic heterocycles. The van der Waals surface area contributed by atoms with Gasteiger partial charge in [-0.25, -0.2) is 0 Å². The van der Waals surface area contributed by atoms with Crippen LogP contribution in [0.3, 0.4) is 0 Å². The summed E-state index contributed by atoms with van der Waals surface area (Å²) in [6, 6.07) is 3.19. The summed E-state index contributed by atoms with van der Waals surface area (Å²) in [6.07, 6.45) is 0.443. The van der Waals surface area contributed by atoms with Crippen LogP contribution in [-0.2, 0) is 15.8 Å². The van der Waals surface area contributed by atoms with E-state index in [1.54, 1.807) is 0 Å². The maximum absolute atomic E-state index is 13.1. The van der Waals surface area contributed by atoms with Crippen LogP contribution in [0.1, 0.15) is 12.0 Å². The first kappa shape index (κ1) is 15.4. The van der Waals surface area contributed by atoms with Gasteiger partial charge in [0.05, 0.1) is 28.1 Å². The highest BCUT2D eigenvalue weighted by Gasteiger charge is 2.67. The third kappa shape index (κ3) is 1.94. The maximum atomic E-state index is 13.1. The number of halogens is 4. The van der Waals surface area contributed by atoms with Gasteiger partial charge < -0.3 is 0 Å². The number of carbonyl (C=O) groups is 2. The number of benzene rings is 1. The Hall–Kier alpha value is -1.82. The Labute approximate surface area is 146 Å². The molecule has 5 aliphatic rings. The van der Waals surface area contributed by atoms with Crippen LogP contribution in [0.5, 0.6) is 0 Å². The van der Waals surface area contributed by atoms with Crippen LogP contribution >= 0.6 is 11.6 Å². The largest absolute Gasteiger partial charge is 0.417 e. The highest BCUT2D eigenvalue weighted by atomic mass is 35.5. The number of carbonyl (C=O) groups excluding carboxylic acids is 2. The third-order valence-electron chi connectivity index (χ3n) is 6.18. The van der Waals surface area contributed by atoms with Gasteiger partial charge >= 0.3 is 6.18 Å². The third-order valence-corrected chi connectivity index (χ3v) is 6.51. The zero-order chi connectivity index (χ0) is 17.7. The fraction of sp³-hybridized carbons (Fsp3) is 0.444. The van der Waals surface area contributed by atoms with Gasteiger partial charge in [-0.1, -0.05) is 23.8 Å². The number of anilines is 1. The number of amides is 2. The fourth-order valence-electron chi connectivity index (χ4n) is 5.08. The molecule has 1 aromatic rings. The molecule has 0 spiro atoms. The summed E-state index contributed by atoms with van der Waals surface area (Å²) in [5, 5.41) is -0.448. The molecule has 6 rings (SSSR count). The first-order valence-electron chi connectivity index (χ1n) is 8.22. The molecule has 25 heavy (non-hydrogen) atoms. The van der Waals surface area contributed by atoms with Crippen molar-refractivity contribution in [2.24, 2.45) is 35.5 Å². The Morgan fingerprint density at radius 1 is 1.00 bits per heavy atom. The Morgan fingerprint density at radius 2 is 1.56 bits per heavy atom. The highest BCUT2D eigenvalue weighted by Crippen LogP contribution is 2.65. The Bertz CT molecular complexity index is 813. The van der Waals surface area contributed by atoms with Crippen LogP contribution in [0.4, 0.5) is 18.9 Å². The summed E-state index contributed by atoms with van der Waals surface area (Å²) in [5.41, 5.74) is -1.08. The Morgan fingerprint density at radius 3 is 2.08 bits per heavy atom. The number of rotatable bonds is 1. The van der Waals surface area contributed by atoms with Crippen molar-refractivity contribution in [3.05, 3.63) is 40.9 Å². The van der Waals surface area contributed by atoms with E-state index in [2.05, 4.69) is 0 Å². The number of hydrogen-bond donors (Lipinski definition) is 0. The predicted molar refractivity (Wildman–Crippen MR) is 83.6 cm³/mol. The van der Waals surface area contributed by atoms with E-state index in [1.165, 1.54) is 6.07 Å². The van der Waals surface area contributed by atoms with Crippen molar-refractivity contribution in [1.82, 2.24) is 0 Å². The number of alkyl halides is 3. The van der Waals surface area contributed by atoms with Gasteiger partial charge in [0.25, 0.3) is 0 Å². The summed E-state index contributed by atoms with van der Waals surface area (Å²) in [4.78, 5) is 26.8. The van der Waals surface area contributed by atoms with Gasteiger partial charge in [0.1, 0.15) is 0 Å². The minimum atomic E-state index is -4.64. The molecule has 130 valence electrons. The lowest BCUT2D eigenvalue weighted by molar-refractivity contribution is -0.137. The van der Waals surface area contributed by atoms with Gasteiger partial charge in [0.15, 0.2) is 0 Å². The molecule has 3 fully saturated rings. The monoisotopic (exact) mass is 367 g/mol. The van der Waals surface area contributed by atoms with Gasteiger partial charge in [-0.3, -0.25) is 14.5 Å². The van der Waals surface area contributed by atoms with Crippen molar-refractivity contribution in [2.75, 3.05) is 4.90 Å². The van der Waals surface area contributed by atoms with E-state index in [4.69, 9.17) is 11.6 Å². The van der Waals surface area contributed by atoms with Crippen LogP contribution in [-0.4, -0.2) is 11.8 Å². The van der Waals surface area contributed by atoms with Crippen molar-refractivity contribution in [1.29, 1.82) is 0 Å². The summed E-state index contributed by atoms with van der Waals surface area (Å²) < 4.78 is 39.3. The van der Waals surface area contributed by atoms with Crippen LogP contribution < -0.4 is 4.90 Å². The molecule has 7 heteroatoms. The number of imide groups is 1. The molecular weight excluding hydrogens is 355 g/mol. The average Bonchev–Trinajstić information content (AvgIpc) is 3.32. The molecule has 1 heterocycles. The molecule has 2 saturated carbocycles. The van der Waals surface area contributed by atoms with Gasteiger partial charge in [-0.05, 0) is 48.3 Å². The predicted octanol–water partition coefficient (Wildman–Crippen LogP) is 3.92. The molecule has 0 N–H and O–H groups in total. The van der Waals surface area contributed by atoms with E-state index in [1.807, 2.05) is 12.2 Å². The molecule has 6 atom stereocenters. The minimum Gasteiger partial charge on any atom is -0.274 e. The van der Waals surface area contributed by atoms with Gasteiger partial charge in [-0.15, -0.1) is 0 Å². The topological polar surface area (TPSA) is 37.4 Å². The lowest BCUT2D eigenvalue weighted by Crippen LogP contribution is -2.40. The molecule has 1 saturated heterocycles. The second-order valence-corrected chi connectivity index (χ2v) is 7.74. The molecule has 0 aromatic heterocycles. The van der Waals surface area contributed by atoms with Gasteiger partial charge in [0.2, 0.25) is 11.8 Å².